The van der Waals surface area contributed by atoms with Crippen LogP contribution >= 0.6 is 31.9 Å². The molecule has 0 spiro atoms. The first kappa shape index (κ1) is 33.1. The molecule has 0 aliphatic carbocycles. The fraction of sp³-hybridized carbons (Fsp3) is 0.211. The van der Waals surface area contributed by atoms with Gasteiger partial charge in [0, 0.05) is 44.9 Å². The summed E-state index contributed by atoms with van der Waals surface area (Å²) < 4.78 is 13.0. The lowest BCUT2D eigenvalue weighted by molar-refractivity contribution is 0.104. The molecule has 0 bridgehead atoms. The summed E-state index contributed by atoms with van der Waals surface area (Å²) in [6, 6.07) is 34.2. The third-order valence-electron chi connectivity index (χ3n) is 8.28. The molecule has 0 amide bonds. The number of halogens is 2. The Morgan fingerprint density at radius 2 is 1.11 bits per heavy atom. The molecule has 7 nitrogen and oxygen atoms in total. The van der Waals surface area contributed by atoms with E-state index in [1.54, 1.807) is 12.1 Å². The summed E-state index contributed by atoms with van der Waals surface area (Å²) in [6.07, 6.45) is 0.794. The third kappa shape index (κ3) is 8.74. The van der Waals surface area contributed by atoms with Gasteiger partial charge in [-0.25, -0.2) is 9.59 Å². The average molecular weight is 759 g/mol. The van der Waals surface area contributed by atoms with Crippen molar-refractivity contribution >= 4 is 53.8 Å². The summed E-state index contributed by atoms with van der Waals surface area (Å²) in [6.45, 7) is 0.503. The molecular weight excluding hydrogens is 724 g/mol. The maximum atomic E-state index is 12.9. The summed E-state index contributed by atoms with van der Waals surface area (Å²) in [5.74, 6) is 0. The smallest absolute Gasteiger partial charge is 0.340 e. The molecular formula is C38H34Br2N2O5. The second kappa shape index (κ2) is 15.4. The Bertz CT molecular complexity index is 2080. The molecule has 3 atom stereocenters. The van der Waals surface area contributed by atoms with E-state index in [-0.39, 0.29) is 25.2 Å². The highest BCUT2D eigenvalue weighted by atomic mass is 79.9. The number of nitrogens with one attached hydrogen (secondary N) is 2. The molecule has 0 saturated carbocycles. The molecule has 9 heteroatoms. The van der Waals surface area contributed by atoms with E-state index in [9.17, 15) is 14.7 Å². The van der Waals surface area contributed by atoms with Crippen molar-refractivity contribution in [2.45, 2.75) is 50.5 Å². The van der Waals surface area contributed by atoms with Crippen LogP contribution in [0.25, 0.3) is 21.9 Å². The second-order valence-corrected chi connectivity index (χ2v) is 13.6. The van der Waals surface area contributed by atoms with Gasteiger partial charge >= 0.3 is 11.3 Å². The molecule has 240 valence electrons. The molecule has 3 N–H and O–H groups in total. The van der Waals surface area contributed by atoms with E-state index >= 15 is 0 Å². The molecule has 0 fully saturated rings. The van der Waals surface area contributed by atoms with Crippen LogP contribution in [0.1, 0.15) is 28.7 Å². The van der Waals surface area contributed by atoms with E-state index in [4.69, 9.17) is 8.83 Å². The van der Waals surface area contributed by atoms with Crippen LogP contribution in [0.2, 0.25) is 0 Å². The zero-order valence-corrected chi connectivity index (χ0v) is 28.7. The van der Waals surface area contributed by atoms with Crippen LogP contribution in [0.15, 0.2) is 137 Å². The molecule has 6 rings (SSSR count). The highest BCUT2D eigenvalue weighted by Gasteiger charge is 2.24. The highest BCUT2D eigenvalue weighted by molar-refractivity contribution is 9.10. The van der Waals surface area contributed by atoms with E-state index in [0.717, 1.165) is 30.8 Å². The summed E-state index contributed by atoms with van der Waals surface area (Å²) in [7, 11) is 0. The van der Waals surface area contributed by atoms with Gasteiger partial charge in [0.25, 0.3) is 0 Å². The lowest BCUT2D eigenvalue weighted by atomic mass is 9.93. The Labute approximate surface area is 288 Å². The number of aliphatic hydroxyl groups is 1. The molecule has 6 aromatic rings. The van der Waals surface area contributed by atoms with Gasteiger partial charge in [0.2, 0.25) is 0 Å². The minimum Gasteiger partial charge on any atom is -0.422 e. The molecule has 0 saturated heterocycles. The van der Waals surface area contributed by atoms with Crippen LogP contribution in [0.3, 0.4) is 0 Å². The summed E-state index contributed by atoms with van der Waals surface area (Å²) in [5.41, 5.74) is 3.41. The zero-order valence-electron chi connectivity index (χ0n) is 25.5. The van der Waals surface area contributed by atoms with E-state index in [0.29, 0.717) is 41.6 Å². The van der Waals surface area contributed by atoms with Crippen molar-refractivity contribution in [3.05, 3.63) is 161 Å². The number of aliphatic hydroxyl groups excluding tert-OH is 1. The van der Waals surface area contributed by atoms with E-state index in [1.807, 2.05) is 84.9 Å². The second-order valence-electron chi connectivity index (χ2n) is 11.7. The molecule has 0 aliphatic rings. The van der Waals surface area contributed by atoms with Crippen LogP contribution < -0.4 is 21.9 Å². The molecule has 0 radical (unpaired) electrons. The molecule has 47 heavy (non-hydrogen) atoms. The lowest BCUT2D eigenvalue weighted by Gasteiger charge is -2.29. The predicted molar refractivity (Wildman–Crippen MR) is 193 cm³/mol. The van der Waals surface area contributed by atoms with Gasteiger partial charge in [-0.15, -0.1) is 0 Å². The lowest BCUT2D eigenvalue weighted by Crippen LogP contribution is -2.46. The maximum Gasteiger partial charge on any atom is 0.340 e. The van der Waals surface area contributed by atoms with Crippen molar-refractivity contribution in [1.29, 1.82) is 0 Å². The Morgan fingerprint density at radius 3 is 1.64 bits per heavy atom. The van der Waals surface area contributed by atoms with Crippen LogP contribution in [-0.4, -0.2) is 23.3 Å². The van der Waals surface area contributed by atoms with Crippen molar-refractivity contribution in [3.63, 3.8) is 0 Å². The van der Waals surface area contributed by atoms with Crippen LogP contribution in [0.5, 0.6) is 0 Å². The number of fused-ring (bicyclic) bond motifs is 2. The Balaban J connectivity index is 1.23. The third-order valence-corrected chi connectivity index (χ3v) is 9.27. The minimum absolute atomic E-state index is 0.173. The number of benzene rings is 4. The van der Waals surface area contributed by atoms with Crippen molar-refractivity contribution in [2.75, 3.05) is 0 Å². The summed E-state index contributed by atoms with van der Waals surface area (Å²) >= 11 is 6.98. The monoisotopic (exact) mass is 756 g/mol. The Kier molecular flexibility index (Phi) is 10.8. The molecule has 2 aromatic heterocycles. The standard InChI is InChI=1S/C38H34Br2N2O5/c39-30-11-13-35-26(19-30)17-28(37(44)46-35)22-41-32(15-24-7-3-1-4-8-24)21-34(43)33(16-25-9-5-2-6-10-25)42-23-29-18-27-20-31(40)12-14-36(27)47-38(29)45/h1-14,17-20,32-34,41-43H,15-16,21-23H2/t32-,33-,34-/m0/s1. The van der Waals surface area contributed by atoms with Gasteiger partial charge in [0.15, 0.2) is 0 Å². The van der Waals surface area contributed by atoms with Crippen LogP contribution in [-0.2, 0) is 25.9 Å². The fourth-order valence-corrected chi connectivity index (χ4v) is 6.58. The quantitative estimate of drug-likeness (QED) is 0.107. The van der Waals surface area contributed by atoms with Gasteiger partial charge in [-0.1, -0.05) is 92.5 Å². The number of rotatable bonds is 13. The Hall–Kier alpha value is -3.86. The molecule has 0 aliphatic heterocycles. The van der Waals surface area contributed by atoms with Gasteiger partial charge in [-0.05, 0) is 78.9 Å². The predicted octanol–water partition coefficient (Wildman–Crippen LogP) is 7.28. The zero-order chi connectivity index (χ0) is 32.8. The van der Waals surface area contributed by atoms with Crippen molar-refractivity contribution in [1.82, 2.24) is 10.6 Å². The number of hydrogen-bond donors (Lipinski definition) is 3. The fourth-order valence-electron chi connectivity index (χ4n) is 5.82. The van der Waals surface area contributed by atoms with E-state index in [1.165, 1.54) is 0 Å². The number of hydrogen-bond acceptors (Lipinski definition) is 7. The highest BCUT2D eigenvalue weighted by Crippen LogP contribution is 2.21. The molecule has 0 unspecified atom stereocenters. The first-order chi connectivity index (χ1) is 22.8. The SMILES string of the molecule is O=c1oc2ccc(Br)cc2cc1CN[C@@H](Cc1ccccc1)C[C@H](O)[C@H](Cc1ccccc1)NCc1cc2cc(Br)ccc2oc1=O. The van der Waals surface area contributed by atoms with E-state index < -0.39 is 17.4 Å². The largest absolute Gasteiger partial charge is 0.422 e. The Morgan fingerprint density at radius 1 is 0.617 bits per heavy atom. The molecule has 4 aromatic carbocycles. The van der Waals surface area contributed by atoms with Crippen LogP contribution in [0.4, 0.5) is 0 Å². The first-order valence-electron chi connectivity index (χ1n) is 15.5. The topological polar surface area (TPSA) is 105 Å². The van der Waals surface area contributed by atoms with Gasteiger partial charge in [-0.3, -0.25) is 0 Å². The first-order valence-corrected chi connectivity index (χ1v) is 17.1. The van der Waals surface area contributed by atoms with Crippen LogP contribution in [0, 0.1) is 0 Å². The van der Waals surface area contributed by atoms with Gasteiger partial charge in [0.1, 0.15) is 11.2 Å². The molecule has 2 heterocycles. The average Bonchev–Trinajstić information content (AvgIpc) is 3.07. The maximum absolute atomic E-state index is 12.9. The van der Waals surface area contributed by atoms with Gasteiger partial charge in [-0.2, -0.15) is 0 Å². The minimum atomic E-state index is -0.790. The summed E-state index contributed by atoms with van der Waals surface area (Å²) in [4.78, 5) is 25.7. The summed E-state index contributed by atoms with van der Waals surface area (Å²) in [5, 5.41) is 20.4. The normalized spacial score (nSPS) is 13.5. The van der Waals surface area contributed by atoms with Crippen molar-refractivity contribution in [2.24, 2.45) is 0 Å². The van der Waals surface area contributed by atoms with Gasteiger partial charge < -0.3 is 24.6 Å². The van der Waals surface area contributed by atoms with Crippen molar-refractivity contribution < 1.29 is 13.9 Å². The van der Waals surface area contributed by atoms with E-state index in [2.05, 4.69) is 54.6 Å². The van der Waals surface area contributed by atoms with Crippen molar-refractivity contribution in [3.8, 4) is 0 Å². The van der Waals surface area contributed by atoms with Gasteiger partial charge in [0.05, 0.1) is 17.2 Å².